The van der Waals surface area contributed by atoms with E-state index in [4.69, 9.17) is 4.74 Å². The predicted octanol–water partition coefficient (Wildman–Crippen LogP) is 4.54. The molecule has 0 amide bonds. The van der Waals surface area contributed by atoms with Gasteiger partial charge in [-0.2, -0.15) is 0 Å². The third-order valence-corrected chi connectivity index (χ3v) is 5.61. The van der Waals surface area contributed by atoms with Crippen molar-refractivity contribution < 1.29 is 4.74 Å². The maximum atomic E-state index is 5.27. The fourth-order valence-electron chi connectivity index (χ4n) is 3.37. The third kappa shape index (κ3) is 7.46. The summed E-state index contributed by atoms with van der Waals surface area (Å²) in [6.45, 7) is 4.97. The van der Waals surface area contributed by atoms with Crippen molar-refractivity contribution in [3.63, 3.8) is 0 Å². The zero-order valence-electron chi connectivity index (χ0n) is 17.1. The summed E-state index contributed by atoms with van der Waals surface area (Å²) in [5, 5.41) is 6.73. The Morgan fingerprint density at radius 2 is 1.59 bits per heavy atom. The van der Waals surface area contributed by atoms with Crippen LogP contribution in [-0.4, -0.2) is 38.1 Å². The first kappa shape index (κ1) is 24.0. The summed E-state index contributed by atoms with van der Waals surface area (Å²) < 4.78 is 6.22. The topological polar surface area (TPSA) is 48.9 Å². The molecule has 0 radical (unpaired) electrons. The van der Waals surface area contributed by atoms with Gasteiger partial charge in [0.05, 0.1) is 11.6 Å². The van der Waals surface area contributed by atoms with E-state index in [0.717, 1.165) is 34.8 Å². The molecule has 1 aliphatic heterocycles. The Bertz CT molecular complexity index is 792. The van der Waals surface area contributed by atoms with Crippen LogP contribution < -0.4 is 15.4 Å². The second-order valence-electron chi connectivity index (χ2n) is 7.05. The Labute approximate surface area is 199 Å². The van der Waals surface area contributed by atoms with Crippen molar-refractivity contribution in [2.75, 3.05) is 27.2 Å². The Morgan fingerprint density at radius 1 is 1.00 bits per heavy atom. The van der Waals surface area contributed by atoms with Gasteiger partial charge < -0.3 is 15.4 Å². The molecule has 1 aliphatic rings. The Hall–Kier alpha value is -1.32. The van der Waals surface area contributed by atoms with Gasteiger partial charge in [-0.3, -0.25) is 9.89 Å². The van der Waals surface area contributed by atoms with Gasteiger partial charge in [0.2, 0.25) is 0 Å². The summed E-state index contributed by atoms with van der Waals surface area (Å²) in [7, 11) is 3.46. The monoisotopic (exact) mass is 572 g/mol. The zero-order chi connectivity index (χ0) is 19.8. The smallest absolute Gasteiger partial charge is 0.191 e. The van der Waals surface area contributed by atoms with E-state index in [2.05, 4.69) is 66.8 Å². The molecule has 2 aromatic rings. The van der Waals surface area contributed by atoms with E-state index in [1.165, 1.54) is 37.1 Å². The average Bonchev–Trinajstić information content (AvgIpc) is 3.22. The van der Waals surface area contributed by atoms with E-state index in [9.17, 15) is 0 Å². The maximum absolute atomic E-state index is 5.27. The van der Waals surface area contributed by atoms with Gasteiger partial charge in [-0.25, -0.2) is 0 Å². The number of likely N-dealkylation sites (tertiary alicyclic amines) is 1. The molecule has 2 aromatic carbocycles. The molecule has 7 heteroatoms. The van der Waals surface area contributed by atoms with Crippen LogP contribution in [0.15, 0.2) is 51.9 Å². The van der Waals surface area contributed by atoms with Crippen LogP contribution in [0.4, 0.5) is 0 Å². The Morgan fingerprint density at radius 3 is 2.17 bits per heavy atom. The molecule has 2 N–H and O–H groups in total. The highest BCUT2D eigenvalue weighted by molar-refractivity contribution is 14.0. The van der Waals surface area contributed by atoms with E-state index in [-0.39, 0.29) is 24.0 Å². The lowest BCUT2D eigenvalue weighted by molar-refractivity contribution is 0.331. The number of halogens is 2. The van der Waals surface area contributed by atoms with E-state index < -0.39 is 0 Å². The van der Waals surface area contributed by atoms with Crippen molar-refractivity contribution in [2.24, 2.45) is 4.99 Å². The van der Waals surface area contributed by atoms with Gasteiger partial charge in [-0.1, -0.05) is 30.3 Å². The molecule has 0 bridgehead atoms. The molecule has 0 spiro atoms. The normalized spacial score (nSPS) is 14.4. The summed E-state index contributed by atoms with van der Waals surface area (Å²) in [4.78, 5) is 6.84. The van der Waals surface area contributed by atoms with Crippen LogP contribution in [0.25, 0.3) is 0 Å². The van der Waals surface area contributed by atoms with Crippen LogP contribution in [0, 0.1) is 0 Å². The molecule has 0 unspecified atom stereocenters. The number of hydrogen-bond acceptors (Lipinski definition) is 3. The van der Waals surface area contributed by atoms with E-state index in [1.54, 1.807) is 14.2 Å². The van der Waals surface area contributed by atoms with Crippen molar-refractivity contribution in [1.29, 1.82) is 0 Å². The number of rotatable bonds is 7. The molecule has 1 saturated heterocycles. The molecule has 5 nitrogen and oxygen atoms in total. The molecule has 3 rings (SSSR count). The van der Waals surface area contributed by atoms with Crippen molar-refractivity contribution in [3.8, 4) is 5.75 Å². The molecule has 0 atom stereocenters. The SMILES string of the molecule is CN=C(NCc1ccc(CN2CCCC2)cc1)NCc1ccc(OC)c(Br)c1.I. The number of benzene rings is 2. The quantitative estimate of drug-likeness (QED) is 0.291. The molecular formula is C22H30BrIN4O. The van der Waals surface area contributed by atoms with Gasteiger partial charge in [-0.15, -0.1) is 24.0 Å². The molecular weight excluding hydrogens is 543 g/mol. The average molecular weight is 573 g/mol. The van der Waals surface area contributed by atoms with Gasteiger partial charge in [0, 0.05) is 26.7 Å². The Kier molecular flexibility index (Phi) is 10.2. The third-order valence-electron chi connectivity index (χ3n) is 4.99. The van der Waals surface area contributed by atoms with Gasteiger partial charge in [-0.05, 0) is 70.7 Å². The predicted molar refractivity (Wildman–Crippen MR) is 134 cm³/mol. The number of ether oxygens (including phenoxy) is 1. The van der Waals surface area contributed by atoms with Gasteiger partial charge in [0.15, 0.2) is 5.96 Å². The van der Waals surface area contributed by atoms with Crippen LogP contribution in [-0.2, 0) is 19.6 Å². The van der Waals surface area contributed by atoms with Gasteiger partial charge in [0.25, 0.3) is 0 Å². The van der Waals surface area contributed by atoms with Crippen LogP contribution in [0.1, 0.15) is 29.5 Å². The number of nitrogens with one attached hydrogen (secondary N) is 2. The van der Waals surface area contributed by atoms with Crippen molar-refractivity contribution in [1.82, 2.24) is 15.5 Å². The Balaban J connectivity index is 0.00000300. The highest BCUT2D eigenvalue weighted by Crippen LogP contribution is 2.25. The number of aliphatic imine (C=N–C) groups is 1. The highest BCUT2D eigenvalue weighted by Gasteiger charge is 2.11. The minimum Gasteiger partial charge on any atom is -0.496 e. The van der Waals surface area contributed by atoms with Crippen molar-refractivity contribution in [2.45, 2.75) is 32.5 Å². The zero-order valence-corrected chi connectivity index (χ0v) is 21.0. The second kappa shape index (κ2) is 12.4. The molecule has 0 aliphatic carbocycles. The van der Waals surface area contributed by atoms with Crippen LogP contribution >= 0.6 is 39.9 Å². The summed E-state index contributed by atoms with van der Waals surface area (Å²) in [6, 6.07) is 14.9. The maximum Gasteiger partial charge on any atom is 0.191 e. The highest BCUT2D eigenvalue weighted by atomic mass is 127. The van der Waals surface area contributed by atoms with Crippen molar-refractivity contribution in [3.05, 3.63) is 63.6 Å². The minimum atomic E-state index is 0. The first-order chi connectivity index (χ1) is 13.7. The number of hydrogen-bond donors (Lipinski definition) is 2. The first-order valence-corrected chi connectivity index (χ1v) is 10.5. The lowest BCUT2D eigenvalue weighted by atomic mass is 10.1. The summed E-state index contributed by atoms with van der Waals surface area (Å²) >= 11 is 3.52. The molecule has 158 valence electrons. The molecule has 1 fully saturated rings. The van der Waals surface area contributed by atoms with Crippen molar-refractivity contribution >= 4 is 45.9 Å². The lowest BCUT2D eigenvalue weighted by Crippen LogP contribution is -2.36. The van der Waals surface area contributed by atoms with E-state index in [1.807, 2.05) is 12.1 Å². The van der Waals surface area contributed by atoms with Gasteiger partial charge >= 0.3 is 0 Å². The van der Waals surface area contributed by atoms with E-state index >= 15 is 0 Å². The van der Waals surface area contributed by atoms with Crippen LogP contribution in [0.5, 0.6) is 5.75 Å². The second-order valence-corrected chi connectivity index (χ2v) is 7.90. The fraction of sp³-hybridized carbons (Fsp3) is 0.409. The molecule has 0 saturated carbocycles. The molecule has 1 heterocycles. The summed E-state index contributed by atoms with van der Waals surface area (Å²) in [6.07, 6.45) is 2.67. The standard InChI is InChI=1S/C22H29BrN4O.HI/c1-24-22(26-15-19-9-10-21(28-2)20(23)13-19)25-14-17-5-7-18(8-6-17)16-27-11-3-4-12-27;/h5-10,13H,3-4,11-12,14-16H2,1-2H3,(H2,24,25,26);1H. The van der Waals surface area contributed by atoms with E-state index in [0.29, 0.717) is 6.54 Å². The summed E-state index contributed by atoms with van der Waals surface area (Å²) in [5.74, 6) is 1.62. The number of guanidine groups is 1. The fourth-order valence-corrected chi connectivity index (χ4v) is 3.96. The largest absolute Gasteiger partial charge is 0.496 e. The first-order valence-electron chi connectivity index (χ1n) is 9.75. The number of nitrogens with zero attached hydrogens (tertiary/aromatic N) is 2. The summed E-state index contributed by atoms with van der Waals surface area (Å²) in [5.41, 5.74) is 3.79. The van der Waals surface area contributed by atoms with Crippen LogP contribution in [0.2, 0.25) is 0 Å². The lowest BCUT2D eigenvalue weighted by Gasteiger charge is -2.15. The number of methoxy groups -OCH3 is 1. The minimum absolute atomic E-state index is 0. The van der Waals surface area contributed by atoms with Gasteiger partial charge in [0.1, 0.15) is 5.75 Å². The molecule has 29 heavy (non-hydrogen) atoms. The molecule has 0 aromatic heterocycles. The van der Waals surface area contributed by atoms with Crippen LogP contribution in [0.3, 0.4) is 0 Å².